The summed E-state index contributed by atoms with van der Waals surface area (Å²) in [5, 5.41) is 12.0. The lowest BCUT2D eigenvalue weighted by molar-refractivity contribution is -0.122. The molecule has 1 fully saturated rings. The number of carbonyl (C=O) groups excluding carboxylic acids is 3. The molecule has 2 N–H and O–H groups in total. The van der Waals surface area contributed by atoms with E-state index in [2.05, 4.69) is 5.32 Å². The molecule has 2 aliphatic heterocycles. The second kappa shape index (κ2) is 10.8. The summed E-state index contributed by atoms with van der Waals surface area (Å²) < 4.78 is 1.39. The van der Waals surface area contributed by atoms with Crippen molar-refractivity contribution in [3.8, 4) is 5.75 Å². The van der Waals surface area contributed by atoms with E-state index in [1.807, 2.05) is 62.3 Å². The number of hydrogen-bond donors (Lipinski definition) is 2. The smallest absolute Gasteiger partial charge is 0.308 e. The molecule has 9 nitrogen and oxygen atoms in total. The number of anilines is 3. The predicted molar refractivity (Wildman–Crippen MR) is 165 cm³/mol. The lowest BCUT2D eigenvalue weighted by atomic mass is 9.83. The number of phenolic OH excluding ortho intramolecular Hbond substituents is 1. The largest absolute Gasteiger partial charge is 0.508 e. The molecule has 6 rings (SSSR count). The SMILES string of the molecule is Cc1ccc(N2C(=O)C3Sc4c(sc(=O)n4CC(=O)Nc4ccc(O)cc4)C(c4ccc(N(C)C)cc4)C3C2=O)cc1. The number of benzene rings is 3. The van der Waals surface area contributed by atoms with Gasteiger partial charge >= 0.3 is 4.87 Å². The number of aromatic hydroxyl groups is 1. The van der Waals surface area contributed by atoms with Gasteiger partial charge in [0, 0.05) is 36.3 Å². The maximum absolute atomic E-state index is 14.0. The monoisotopic (exact) mass is 600 g/mol. The number of fused-ring (bicyclic) bond motifs is 2. The van der Waals surface area contributed by atoms with Gasteiger partial charge < -0.3 is 15.3 Å². The molecule has 1 saturated heterocycles. The number of imide groups is 1. The van der Waals surface area contributed by atoms with Crippen LogP contribution in [0.3, 0.4) is 0 Å². The van der Waals surface area contributed by atoms with E-state index in [-0.39, 0.29) is 29.0 Å². The van der Waals surface area contributed by atoms with Gasteiger partial charge in [0.15, 0.2) is 0 Å². The highest BCUT2D eigenvalue weighted by Gasteiger charge is 2.56. The number of nitrogens with one attached hydrogen (secondary N) is 1. The fourth-order valence-electron chi connectivity index (χ4n) is 5.43. The van der Waals surface area contributed by atoms with Crippen LogP contribution in [0.2, 0.25) is 0 Å². The predicted octanol–water partition coefficient (Wildman–Crippen LogP) is 4.42. The Morgan fingerprint density at radius 1 is 0.929 bits per heavy atom. The zero-order valence-electron chi connectivity index (χ0n) is 23.1. The van der Waals surface area contributed by atoms with Crippen molar-refractivity contribution in [2.45, 2.75) is 29.7 Å². The van der Waals surface area contributed by atoms with Crippen molar-refractivity contribution in [1.82, 2.24) is 4.57 Å². The molecule has 3 aromatic carbocycles. The number of thiazole rings is 1. The van der Waals surface area contributed by atoms with Crippen LogP contribution < -0.4 is 20.0 Å². The Morgan fingerprint density at radius 3 is 2.24 bits per heavy atom. The van der Waals surface area contributed by atoms with E-state index in [1.165, 1.54) is 33.4 Å². The lowest BCUT2D eigenvalue weighted by Gasteiger charge is -2.31. The van der Waals surface area contributed by atoms with Gasteiger partial charge in [-0.05, 0) is 61.0 Å². The van der Waals surface area contributed by atoms with Crippen molar-refractivity contribution >= 4 is 57.9 Å². The molecule has 214 valence electrons. The number of hydrogen-bond acceptors (Lipinski definition) is 8. The fraction of sp³-hybridized carbons (Fsp3) is 0.226. The van der Waals surface area contributed by atoms with Gasteiger partial charge in [0.25, 0.3) is 0 Å². The van der Waals surface area contributed by atoms with Crippen LogP contribution in [0.5, 0.6) is 5.75 Å². The van der Waals surface area contributed by atoms with Gasteiger partial charge in [0.05, 0.1) is 16.6 Å². The second-order valence-electron chi connectivity index (χ2n) is 10.6. The number of amides is 3. The van der Waals surface area contributed by atoms with Gasteiger partial charge in [0.1, 0.15) is 17.5 Å². The fourth-order valence-corrected chi connectivity index (χ4v) is 8.20. The molecule has 0 radical (unpaired) electrons. The topological polar surface area (TPSA) is 112 Å². The van der Waals surface area contributed by atoms with Crippen LogP contribution in [0.4, 0.5) is 17.1 Å². The first kappa shape index (κ1) is 27.8. The number of aryl methyl sites for hydroxylation is 1. The summed E-state index contributed by atoms with van der Waals surface area (Å²) >= 11 is 2.20. The molecule has 3 atom stereocenters. The molecule has 3 unspecified atom stereocenters. The van der Waals surface area contributed by atoms with Crippen LogP contribution in [0.15, 0.2) is 82.6 Å². The highest BCUT2D eigenvalue weighted by molar-refractivity contribution is 8.00. The molecule has 1 aromatic heterocycles. The van der Waals surface area contributed by atoms with Gasteiger partial charge in [-0.2, -0.15) is 0 Å². The average molecular weight is 601 g/mol. The highest BCUT2D eigenvalue weighted by atomic mass is 32.2. The summed E-state index contributed by atoms with van der Waals surface area (Å²) in [6, 6.07) is 21.1. The van der Waals surface area contributed by atoms with Crippen molar-refractivity contribution in [2.75, 3.05) is 29.2 Å². The Balaban J connectivity index is 1.41. The van der Waals surface area contributed by atoms with E-state index in [0.29, 0.717) is 21.3 Å². The van der Waals surface area contributed by atoms with Gasteiger partial charge in [-0.15, -0.1) is 0 Å². The van der Waals surface area contributed by atoms with E-state index in [1.54, 1.807) is 24.3 Å². The third kappa shape index (κ3) is 4.88. The van der Waals surface area contributed by atoms with Crippen molar-refractivity contribution in [1.29, 1.82) is 0 Å². The Labute approximate surface area is 250 Å². The summed E-state index contributed by atoms with van der Waals surface area (Å²) in [6.45, 7) is 1.68. The number of thioether (sulfide) groups is 1. The first-order valence-corrected chi connectivity index (χ1v) is 15.0. The molecule has 11 heteroatoms. The number of phenols is 1. The Hall–Kier alpha value is -4.35. The lowest BCUT2D eigenvalue weighted by Crippen LogP contribution is -2.33. The Bertz CT molecular complexity index is 1740. The number of carbonyl (C=O) groups is 3. The molecule has 3 amide bonds. The molecule has 2 aliphatic rings. The van der Waals surface area contributed by atoms with Crippen LogP contribution in [0, 0.1) is 12.8 Å². The molecular formula is C31H28N4O5S2. The highest BCUT2D eigenvalue weighted by Crippen LogP contribution is 2.54. The average Bonchev–Trinajstić information content (AvgIpc) is 3.41. The third-order valence-corrected chi connectivity index (χ3v) is 10.2. The van der Waals surface area contributed by atoms with Gasteiger partial charge in [0.2, 0.25) is 17.7 Å². The minimum atomic E-state index is -0.759. The molecule has 42 heavy (non-hydrogen) atoms. The third-order valence-electron chi connectivity index (χ3n) is 7.56. The molecular weight excluding hydrogens is 572 g/mol. The van der Waals surface area contributed by atoms with E-state index in [9.17, 15) is 24.3 Å². The van der Waals surface area contributed by atoms with Crippen molar-refractivity contribution in [3.05, 3.63) is 98.5 Å². The summed E-state index contributed by atoms with van der Waals surface area (Å²) in [4.78, 5) is 57.8. The van der Waals surface area contributed by atoms with Crippen LogP contribution in [-0.4, -0.2) is 46.7 Å². The molecule has 4 aromatic rings. The minimum absolute atomic E-state index is 0.0715. The van der Waals surface area contributed by atoms with Gasteiger partial charge in [-0.3, -0.25) is 23.7 Å². The maximum atomic E-state index is 14.0. The molecule has 0 bridgehead atoms. The molecule has 0 aliphatic carbocycles. The first-order chi connectivity index (χ1) is 20.1. The summed E-state index contributed by atoms with van der Waals surface area (Å²) in [7, 11) is 3.88. The summed E-state index contributed by atoms with van der Waals surface area (Å²) in [5.41, 5.74) is 3.81. The van der Waals surface area contributed by atoms with Gasteiger partial charge in [-0.1, -0.05) is 52.9 Å². The Morgan fingerprint density at radius 2 is 1.60 bits per heavy atom. The van der Waals surface area contributed by atoms with Crippen molar-refractivity contribution in [2.24, 2.45) is 5.92 Å². The molecule has 3 heterocycles. The molecule has 0 saturated carbocycles. The van der Waals surface area contributed by atoms with E-state index in [4.69, 9.17) is 0 Å². The normalized spacial score (nSPS) is 19.4. The van der Waals surface area contributed by atoms with Crippen LogP contribution in [-0.2, 0) is 20.9 Å². The van der Waals surface area contributed by atoms with E-state index < -0.39 is 23.0 Å². The Kier molecular flexibility index (Phi) is 7.15. The van der Waals surface area contributed by atoms with Crippen LogP contribution in [0.25, 0.3) is 0 Å². The van der Waals surface area contributed by atoms with E-state index in [0.717, 1.165) is 28.2 Å². The second-order valence-corrected chi connectivity index (χ2v) is 12.7. The van der Waals surface area contributed by atoms with Crippen LogP contribution >= 0.6 is 23.1 Å². The number of nitrogens with zero attached hydrogens (tertiary/aromatic N) is 3. The van der Waals surface area contributed by atoms with Crippen LogP contribution in [0.1, 0.15) is 21.9 Å². The summed E-state index contributed by atoms with van der Waals surface area (Å²) in [6.07, 6.45) is 0. The van der Waals surface area contributed by atoms with Gasteiger partial charge in [-0.25, -0.2) is 4.90 Å². The minimum Gasteiger partial charge on any atom is -0.508 e. The van der Waals surface area contributed by atoms with Crippen molar-refractivity contribution < 1.29 is 19.5 Å². The zero-order chi connectivity index (χ0) is 29.7. The number of aromatic nitrogens is 1. The molecule has 0 spiro atoms. The standard InChI is InChI=1S/C31H28N4O5S2/c1-17-4-10-21(11-5-17)35-28(38)25-24(18-6-12-20(13-7-18)33(2)3)27-30(41-26(25)29(35)39)34(31(40)42-27)16-23(37)32-19-8-14-22(36)15-9-19/h4-15,24-26,36H,16H2,1-3H3,(H,32,37). The zero-order valence-corrected chi connectivity index (χ0v) is 24.7. The summed E-state index contributed by atoms with van der Waals surface area (Å²) in [5.74, 6) is -2.23. The number of rotatable bonds is 6. The van der Waals surface area contributed by atoms with Crippen molar-refractivity contribution in [3.63, 3.8) is 0 Å². The maximum Gasteiger partial charge on any atom is 0.308 e. The van der Waals surface area contributed by atoms with E-state index >= 15 is 0 Å². The first-order valence-electron chi connectivity index (χ1n) is 13.3. The quantitative estimate of drug-likeness (QED) is 0.249.